The van der Waals surface area contributed by atoms with E-state index in [-0.39, 0.29) is 0 Å². The minimum atomic E-state index is -0.519. The Morgan fingerprint density at radius 1 is 1.28 bits per heavy atom. The molecule has 99 valence electrons. The summed E-state index contributed by atoms with van der Waals surface area (Å²) in [5.41, 5.74) is -0.519. The van der Waals surface area contributed by atoms with Crippen LogP contribution in [0.25, 0.3) is 0 Å². The highest BCUT2D eigenvalue weighted by atomic mass is 16.6. The third kappa shape index (κ3) is 5.57. The van der Waals surface area contributed by atoms with E-state index in [0.29, 0.717) is 5.75 Å². The van der Waals surface area contributed by atoms with E-state index in [9.17, 15) is 4.79 Å². The lowest BCUT2D eigenvalue weighted by Gasteiger charge is -2.23. The van der Waals surface area contributed by atoms with Crippen LogP contribution in [0.15, 0.2) is 30.3 Å². The molecule has 18 heavy (non-hydrogen) atoms. The third-order valence-corrected chi connectivity index (χ3v) is 1.97. The maximum absolute atomic E-state index is 11.6. The highest BCUT2D eigenvalue weighted by Gasteiger charge is 2.19. The summed E-state index contributed by atoms with van der Waals surface area (Å²) in [6, 6.07) is 9.30. The molecule has 1 radical (unpaired) electrons. The quantitative estimate of drug-likeness (QED) is 0.835. The lowest BCUT2D eigenvalue weighted by Crippen LogP contribution is -2.42. The van der Waals surface area contributed by atoms with Crippen LogP contribution in [-0.4, -0.2) is 17.9 Å². The number of rotatable bonds is 4. The molecule has 0 bridgehead atoms. The van der Waals surface area contributed by atoms with Crippen molar-refractivity contribution in [3.05, 3.63) is 36.8 Å². The normalized spacial score (nSPS) is 12.7. The Hall–Kier alpha value is -1.71. The molecule has 0 saturated heterocycles. The fraction of sp³-hybridized carbons (Fsp3) is 0.429. The van der Waals surface area contributed by atoms with Crippen LogP contribution < -0.4 is 10.1 Å². The number of carbonyl (C=O) groups is 1. The third-order valence-electron chi connectivity index (χ3n) is 1.97. The molecule has 1 atom stereocenters. The summed E-state index contributed by atoms with van der Waals surface area (Å²) in [4.78, 5) is 11.6. The zero-order valence-electron chi connectivity index (χ0n) is 11.3. The van der Waals surface area contributed by atoms with Crippen molar-refractivity contribution in [3.8, 4) is 5.75 Å². The summed E-state index contributed by atoms with van der Waals surface area (Å²) in [6.45, 7) is 7.25. The molecule has 0 spiro atoms. The average Bonchev–Trinajstić information content (AvgIpc) is 2.27. The second-order valence-electron chi connectivity index (χ2n) is 4.83. The number of alkyl carbamates (subject to hydrolysis) is 1. The number of carbonyl (C=O) groups excluding carboxylic acids is 1. The van der Waals surface area contributed by atoms with Gasteiger partial charge in [-0.1, -0.05) is 25.1 Å². The van der Waals surface area contributed by atoms with E-state index < -0.39 is 17.9 Å². The summed E-state index contributed by atoms with van der Waals surface area (Å²) < 4.78 is 10.7. The van der Waals surface area contributed by atoms with Gasteiger partial charge >= 0.3 is 6.09 Å². The van der Waals surface area contributed by atoms with Gasteiger partial charge in [0, 0.05) is 6.42 Å². The van der Waals surface area contributed by atoms with Crippen LogP contribution >= 0.6 is 0 Å². The van der Waals surface area contributed by atoms with E-state index in [4.69, 9.17) is 9.47 Å². The molecule has 0 aliphatic carbocycles. The van der Waals surface area contributed by atoms with E-state index >= 15 is 0 Å². The Labute approximate surface area is 108 Å². The van der Waals surface area contributed by atoms with Crippen molar-refractivity contribution in [3.63, 3.8) is 0 Å². The van der Waals surface area contributed by atoms with Gasteiger partial charge in [-0.25, -0.2) is 4.79 Å². The fourth-order valence-corrected chi connectivity index (χ4v) is 1.25. The average molecular weight is 250 g/mol. The molecule has 0 fully saturated rings. The Bertz CT molecular complexity index is 370. The Balaban J connectivity index is 2.50. The standard InChI is InChI=1S/C14H20NO3/c1-5-12(15-13(16)18-14(2,3)4)17-11-9-7-6-8-10-11/h5-10,12H,1-4H3,(H,15,16)/t12-/m1/s1. The van der Waals surface area contributed by atoms with Crippen LogP contribution in [0, 0.1) is 6.42 Å². The predicted molar refractivity (Wildman–Crippen MR) is 70.2 cm³/mol. The molecule has 4 nitrogen and oxygen atoms in total. The minimum absolute atomic E-state index is 0.499. The first-order valence-electron chi connectivity index (χ1n) is 5.91. The zero-order chi connectivity index (χ0) is 13.6. The smallest absolute Gasteiger partial charge is 0.410 e. The van der Waals surface area contributed by atoms with Gasteiger partial charge in [0.25, 0.3) is 0 Å². The first-order chi connectivity index (χ1) is 8.40. The second-order valence-corrected chi connectivity index (χ2v) is 4.83. The van der Waals surface area contributed by atoms with Crippen LogP contribution in [0.1, 0.15) is 27.7 Å². The molecular weight excluding hydrogens is 230 g/mol. The van der Waals surface area contributed by atoms with E-state index in [1.54, 1.807) is 6.42 Å². The molecular formula is C14H20NO3. The van der Waals surface area contributed by atoms with Gasteiger partial charge in [-0.3, -0.25) is 5.32 Å². The van der Waals surface area contributed by atoms with Crippen LogP contribution in [-0.2, 0) is 4.74 Å². The van der Waals surface area contributed by atoms with Crippen molar-refractivity contribution in [2.75, 3.05) is 0 Å². The van der Waals surface area contributed by atoms with Crippen molar-refractivity contribution in [2.24, 2.45) is 0 Å². The van der Waals surface area contributed by atoms with Crippen LogP contribution in [0.3, 0.4) is 0 Å². The molecule has 1 aromatic rings. The van der Waals surface area contributed by atoms with Gasteiger partial charge in [0.1, 0.15) is 11.4 Å². The number of amides is 1. The Morgan fingerprint density at radius 2 is 1.89 bits per heavy atom. The summed E-state index contributed by atoms with van der Waals surface area (Å²) in [7, 11) is 0. The van der Waals surface area contributed by atoms with Gasteiger partial charge in [-0.05, 0) is 32.9 Å². The van der Waals surface area contributed by atoms with Crippen LogP contribution in [0.4, 0.5) is 4.79 Å². The largest absolute Gasteiger partial charge is 0.470 e. The molecule has 4 heteroatoms. The number of para-hydroxylation sites is 1. The first-order valence-corrected chi connectivity index (χ1v) is 5.91. The van der Waals surface area contributed by atoms with Gasteiger partial charge in [-0.2, -0.15) is 0 Å². The SMILES string of the molecule is C[CH][C@H](NC(=O)OC(C)(C)C)Oc1ccccc1. The highest BCUT2D eigenvalue weighted by molar-refractivity contribution is 5.68. The lowest BCUT2D eigenvalue weighted by atomic mass is 10.2. The van der Waals surface area contributed by atoms with Gasteiger partial charge in [0.05, 0.1) is 0 Å². The van der Waals surface area contributed by atoms with E-state index in [1.807, 2.05) is 58.0 Å². The number of benzene rings is 1. The summed E-state index contributed by atoms with van der Waals surface area (Å²) in [5.74, 6) is 0.691. The number of nitrogens with one attached hydrogen (secondary N) is 1. The molecule has 1 amide bonds. The number of ether oxygens (including phenoxy) is 2. The van der Waals surface area contributed by atoms with Gasteiger partial charge in [0.15, 0.2) is 6.23 Å². The fourth-order valence-electron chi connectivity index (χ4n) is 1.25. The summed E-state index contributed by atoms with van der Waals surface area (Å²) >= 11 is 0. The molecule has 1 rings (SSSR count). The van der Waals surface area contributed by atoms with Crippen molar-refractivity contribution in [1.82, 2.24) is 5.32 Å². The Morgan fingerprint density at radius 3 is 2.39 bits per heavy atom. The number of hydrogen-bond donors (Lipinski definition) is 1. The monoisotopic (exact) mass is 250 g/mol. The van der Waals surface area contributed by atoms with Crippen LogP contribution in [0.5, 0.6) is 5.75 Å². The molecule has 0 heterocycles. The topological polar surface area (TPSA) is 47.6 Å². The van der Waals surface area contributed by atoms with Crippen molar-refractivity contribution in [2.45, 2.75) is 39.5 Å². The van der Waals surface area contributed by atoms with Crippen molar-refractivity contribution in [1.29, 1.82) is 0 Å². The van der Waals surface area contributed by atoms with Crippen LogP contribution in [0.2, 0.25) is 0 Å². The summed E-state index contributed by atoms with van der Waals surface area (Å²) in [5, 5.41) is 2.63. The van der Waals surface area contributed by atoms with E-state index in [0.717, 1.165) is 0 Å². The van der Waals surface area contributed by atoms with Crippen molar-refractivity contribution < 1.29 is 14.3 Å². The van der Waals surface area contributed by atoms with E-state index in [2.05, 4.69) is 5.32 Å². The predicted octanol–water partition coefficient (Wildman–Crippen LogP) is 3.14. The van der Waals surface area contributed by atoms with Gasteiger partial charge in [-0.15, -0.1) is 0 Å². The lowest BCUT2D eigenvalue weighted by molar-refractivity contribution is 0.0426. The molecule has 0 saturated carbocycles. The minimum Gasteiger partial charge on any atom is -0.470 e. The molecule has 0 aliphatic rings. The Kier molecular flexibility index (Phi) is 5.01. The maximum atomic E-state index is 11.6. The van der Waals surface area contributed by atoms with E-state index in [1.165, 1.54) is 0 Å². The maximum Gasteiger partial charge on any atom is 0.410 e. The first kappa shape index (κ1) is 14.4. The molecule has 0 unspecified atom stereocenters. The van der Waals surface area contributed by atoms with Gasteiger partial charge in [0.2, 0.25) is 0 Å². The van der Waals surface area contributed by atoms with Gasteiger partial charge < -0.3 is 9.47 Å². The molecule has 1 aromatic carbocycles. The second kappa shape index (κ2) is 6.28. The molecule has 1 N–H and O–H groups in total. The molecule has 0 aliphatic heterocycles. The number of hydrogen-bond acceptors (Lipinski definition) is 3. The summed E-state index contributed by atoms with van der Waals surface area (Å²) in [6.07, 6.45) is 0.737. The highest BCUT2D eigenvalue weighted by Crippen LogP contribution is 2.12. The van der Waals surface area contributed by atoms with Crippen molar-refractivity contribution >= 4 is 6.09 Å². The zero-order valence-corrected chi connectivity index (χ0v) is 11.3. The molecule has 0 aromatic heterocycles.